The summed E-state index contributed by atoms with van der Waals surface area (Å²) in [6.07, 6.45) is 1.67. The number of hydrogen-bond donors (Lipinski definition) is 2. The third-order valence-corrected chi connectivity index (χ3v) is 5.88. The topological polar surface area (TPSA) is 131 Å². The predicted octanol–water partition coefficient (Wildman–Crippen LogP) is 4.47. The van der Waals surface area contributed by atoms with E-state index in [2.05, 4.69) is 10.6 Å². The number of anilines is 1. The lowest BCUT2D eigenvalue weighted by molar-refractivity contribution is -0.385. The number of unbranched alkanes of at least 4 members (excludes halogenated alkanes) is 1. The number of urea groups is 1. The molecule has 1 aliphatic rings. The van der Waals surface area contributed by atoms with Crippen LogP contribution in [0.5, 0.6) is 0 Å². The first kappa shape index (κ1) is 25.4. The molecule has 0 aromatic heterocycles. The van der Waals surface area contributed by atoms with Crippen molar-refractivity contribution in [2.75, 3.05) is 19.0 Å². The number of allylic oxidation sites excluding steroid dienone is 1. The number of amides is 3. The monoisotopic (exact) mass is 480 g/mol. The number of benzene rings is 2. The number of nitro groups is 1. The molecule has 2 N–H and O–H groups in total. The van der Waals surface area contributed by atoms with Crippen molar-refractivity contribution in [3.8, 4) is 0 Å². The zero-order valence-corrected chi connectivity index (χ0v) is 20.1. The molecule has 0 aliphatic carbocycles. The number of nitrogens with zero attached hydrogens (tertiary/aromatic N) is 2. The van der Waals surface area contributed by atoms with Gasteiger partial charge in [0.05, 0.1) is 23.6 Å². The molecule has 0 spiro atoms. The van der Waals surface area contributed by atoms with Crippen molar-refractivity contribution in [1.82, 2.24) is 10.2 Å². The Bertz CT molecular complexity index is 1210. The van der Waals surface area contributed by atoms with Crippen molar-refractivity contribution < 1.29 is 24.0 Å². The smallest absolute Gasteiger partial charge is 0.337 e. The van der Waals surface area contributed by atoms with E-state index in [1.54, 1.807) is 38.1 Å². The quantitative estimate of drug-likeness (QED) is 0.326. The first-order valence-corrected chi connectivity index (χ1v) is 11.2. The van der Waals surface area contributed by atoms with Crippen LogP contribution < -0.4 is 10.6 Å². The summed E-state index contributed by atoms with van der Waals surface area (Å²) < 4.78 is 4.99. The summed E-state index contributed by atoms with van der Waals surface area (Å²) in [5.74, 6) is -1.08. The van der Waals surface area contributed by atoms with Crippen molar-refractivity contribution in [1.29, 1.82) is 0 Å². The lowest BCUT2D eigenvalue weighted by atomic mass is 9.94. The van der Waals surface area contributed by atoms with E-state index in [9.17, 15) is 24.5 Å². The molecule has 184 valence electrons. The molecule has 2 aromatic carbocycles. The highest BCUT2D eigenvalue weighted by atomic mass is 16.6. The first-order chi connectivity index (χ1) is 16.7. The van der Waals surface area contributed by atoms with Gasteiger partial charge in [0.25, 0.3) is 11.6 Å². The largest absolute Gasteiger partial charge is 0.466 e. The van der Waals surface area contributed by atoms with Crippen LogP contribution >= 0.6 is 0 Å². The molecule has 3 amide bonds. The van der Waals surface area contributed by atoms with E-state index in [1.165, 1.54) is 30.2 Å². The summed E-state index contributed by atoms with van der Waals surface area (Å²) >= 11 is 0. The summed E-state index contributed by atoms with van der Waals surface area (Å²) in [4.78, 5) is 50.5. The Balaban J connectivity index is 1.92. The van der Waals surface area contributed by atoms with Gasteiger partial charge in [0, 0.05) is 35.1 Å². The molecule has 0 radical (unpaired) electrons. The molecule has 3 rings (SSSR count). The Morgan fingerprint density at radius 3 is 2.60 bits per heavy atom. The van der Waals surface area contributed by atoms with Gasteiger partial charge in [0.15, 0.2) is 0 Å². The minimum absolute atomic E-state index is 0.135. The van der Waals surface area contributed by atoms with E-state index in [0.29, 0.717) is 34.6 Å². The van der Waals surface area contributed by atoms with E-state index in [-0.39, 0.29) is 17.3 Å². The van der Waals surface area contributed by atoms with Crippen molar-refractivity contribution in [3.63, 3.8) is 0 Å². The maximum absolute atomic E-state index is 12.8. The normalized spacial score (nSPS) is 15.5. The van der Waals surface area contributed by atoms with E-state index in [0.717, 1.165) is 12.8 Å². The van der Waals surface area contributed by atoms with Crippen molar-refractivity contribution in [3.05, 3.63) is 80.5 Å². The predicted molar refractivity (Wildman–Crippen MR) is 130 cm³/mol. The standard InChI is InChI=1S/C25H28N4O6/c1-5-6-12-28-16(3)21(24(31)35-4)22(27-25(28)32)17-8-7-9-19(13-17)26-23(30)18-11-10-15(2)20(14-18)29(33)34/h7-11,13-14,22H,5-6,12H2,1-4H3,(H,26,30)(H,27,32)/t22-/m1/s1. The second-order valence-corrected chi connectivity index (χ2v) is 8.22. The molecular formula is C25H28N4O6. The number of nitro benzene ring substituents is 1. The fraction of sp³-hybridized carbons (Fsp3) is 0.320. The number of methoxy groups -OCH3 is 1. The van der Waals surface area contributed by atoms with E-state index >= 15 is 0 Å². The average Bonchev–Trinajstić information content (AvgIpc) is 2.83. The Labute approximate surface area is 203 Å². The average molecular weight is 481 g/mol. The molecular weight excluding hydrogens is 452 g/mol. The van der Waals surface area contributed by atoms with Gasteiger partial charge in [0.1, 0.15) is 0 Å². The molecule has 10 heteroatoms. The third-order valence-electron chi connectivity index (χ3n) is 5.88. The molecule has 0 saturated carbocycles. The van der Waals surface area contributed by atoms with Crippen LogP contribution in [-0.4, -0.2) is 41.4 Å². The summed E-state index contributed by atoms with van der Waals surface area (Å²) in [5.41, 5.74) is 2.23. The molecule has 0 unspecified atom stereocenters. The van der Waals surface area contributed by atoms with E-state index in [4.69, 9.17) is 4.74 Å². The van der Waals surface area contributed by atoms with Gasteiger partial charge in [-0.1, -0.05) is 31.5 Å². The second-order valence-electron chi connectivity index (χ2n) is 8.22. The number of ether oxygens (including phenoxy) is 1. The van der Waals surface area contributed by atoms with E-state index < -0.39 is 22.8 Å². The molecule has 35 heavy (non-hydrogen) atoms. The lowest BCUT2D eigenvalue weighted by Gasteiger charge is -2.35. The van der Waals surface area contributed by atoms with Gasteiger partial charge >= 0.3 is 12.0 Å². The van der Waals surface area contributed by atoms with Crippen molar-refractivity contribution >= 4 is 29.3 Å². The molecule has 2 aromatic rings. The highest BCUT2D eigenvalue weighted by molar-refractivity contribution is 6.05. The van der Waals surface area contributed by atoms with Crippen LogP contribution in [0, 0.1) is 17.0 Å². The van der Waals surface area contributed by atoms with Crippen LogP contribution in [0.4, 0.5) is 16.2 Å². The Kier molecular flexibility index (Phi) is 7.85. The second kappa shape index (κ2) is 10.8. The highest BCUT2D eigenvalue weighted by Gasteiger charge is 2.36. The molecule has 1 atom stereocenters. The minimum atomic E-state index is -0.773. The third kappa shape index (κ3) is 5.48. The van der Waals surface area contributed by atoms with Gasteiger partial charge in [-0.3, -0.25) is 19.8 Å². The number of aryl methyl sites for hydroxylation is 1. The Morgan fingerprint density at radius 2 is 1.94 bits per heavy atom. The lowest BCUT2D eigenvalue weighted by Crippen LogP contribution is -2.48. The summed E-state index contributed by atoms with van der Waals surface area (Å²) in [6, 6.07) is 9.86. The summed E-state index contributed by atoms with van der Waals surface area (Å²) in [6.45, 7) is 5.79. The van der Waals surface area contributed by atoms with E-state index in [1.807, 2.05) is 6.92 Å². The van der Waals surface area contributed by atoms with Gasteiger partial charge in [0.2, 0.25) is 0 Å². The number of carbonyl (C=O) groups is 3. The van der Waals surface area contributed by atoms with Crippen LogP contribution in [0.25, 0.3) is 0 Å². The van der Waals surface area contributed by atoms with Crippen LogP contribution in [0.3, 0.4) is 0 Å². The van der Waals surface area contributed by atoms with Crippen molar-refractivity contribution in [2.45, 2.75) is 39.7 Å². The molecule has 0 saturated heterocycles. The number of esters is 1. The number of carbonyl (C=O) groups excluding carboxylic acids is 3. The Hall–Kier alpha value is -4.21. The van der Waals surface area contributed by atoms with Gasteiger partial charge in [-0.25, -0.2) is 9.59 Å². The maximum Gasteiger partial charge on any atom is 0.337 e. The minimum Gasteiger partial charge on any atom is -0.466 e. The Morgan fingerprint density at radius 1 is 1.20 bits per heavy atom. The summed E-state index contributed by atoms with van der Waals surface area (Å²) in [5, 5.41) is 16.8. The van der Waals surface area contributed by atoms with Crippen LogP contribution in [0.2, 0.25) is 0 Å². The maximum atomic E-state index is 12.8. The molecule has 0 fully saturated rings. The zero-order chi connectivity index (χ0) is 25.7. The molecule has 1 heterocycles. The number of hydrogen-bond acceptors (Lipinski definition) is 6. The van der Waals surface area contributed by atoms with Gasteiger partial charge in [-0.05, 0) is 44.0 Å². The van der Waals surface area contributed by atoms with Crippen LogP contribution in [-0.2, 0) is 9.53 Å². The number of rotatable bonds is 8. The number of nitrogens with one attached hydrogen (secondary N) is 2. The van der Waals surface area contributed by atoms with Crippen LogP contribution in [0.15, 0.2) is 53.7 Å². The SMILES string of the molecule is CCCCN1C(=O)N[C@H](c2cccc(NC(=O)c3ccc(C)c([N+](=O)[O-])c3)c2)C(C(=O)OC)=C1C. The molecule has 0 bridgehead atoms. The van der Waals surface area contributed by atoms with Gasteiger partial charge < -0.3 is 15.4 Å². The van der Waals surface area contributed by atoms with Gasteiger partial charge in [-0.15, -0.1) is 0 Å². The fourth-order valence-corrected chi connectivity index (χ4v) is 3.94. The molecule has 10 nitrogen and oxygen atoms in total. The van der Waals surface area contributed by atoms with Gasteiger partial charge in [-0.2, -0.15) is 0 Å². The first-order valence-electron chi connectivity index (χ1n) is 11.2. The van der Waals surface area contributed by atoms with Crippen LogP contribution in [0.1, 0.15) is 54.2 Å². The fourth-order valence-electron chi connectivity index (χ4n) is 3.94. The molecule has 1 aliphatic heterocycles. The van der Waals surface area contributed by atoms with Crippen molar-refractivity contribution in [2.24, 2.45) is 0 Å². The zero-order valence-electron chi connectivity index (χ0n) is 20.1. The summed E-state index contributed by atoms with van der Waals surface area (Å²) in [7, 11) is 1.28. The highest BCUT2D eigenvalue weighted by Crippen LogP contribution is 2.32.